The van der Waals surface area contributed by atoms with Crippen molar-refractivity contribution in [3.8, 4) is 0 Å². The van der Waals surface area contributed by atoms with Gasteiger partial charge in [0.25, 0.3) is 0 Å². The molecule has 102 valence electrons. The highest BCUT2D eigenvalue weighted by Crippen LogP contribution is 2.15. The van der Waals surface area contributed by atoms with Crippen LogP contribution in [-0.2, 0) is 4.74 Å². The Hall–Kier alpha value is -0.120. The fourth-order valence-electron chi connectivity index (χ4n) is 2.77. The molecular formula is C14H30N2O. The molecule has 0 saturated carbocycles. The number of nitrogens with one attached hydrogen (secondary N) is 1. The summed E-state index contributed by atoms with van der Waals surface area (Å²) in [4.78, 5) is 2.68. The van der Waals surface area contributed by atoms with Gasteiger partial charge < -0.3 is 10.1 Å². The lowest BCUT2D eigenvalue weighted by molar-refractivity contribution is 0.102. The first-order valence-corrected chi connectivity index (χ1v) is 7.28. The number of piperazine rings is 1. The first-order chi connectivity index (χ1) is 8.31. The Kier molecular flexibility index (Phi) is 7.82. The van der Waals surface area contributed by atoms with Crippen LogP contribution < -0.4 is 5.32 Å². The minimum atomic E-state index is 0.704. The van der Waals surface area contributed by atoms with E-state index in [0.717, 1.165) is 19.1 Å². The molecule has 3 heteroatoms. The summed E-state index contributed by atoms with van der Waals surface area (Å²) in [5, 5.41) is 3.70. The smallest absolute Gasteiger partial charge is 0.0474 e. The largest absolute Gasteiger partial charge is 0.385 e. The summed E-state index contributed by atoms with van der Waals surface area (Å²) >= 11 is 0. The Morgan fingerprint density at radius 3 is 2.65 bits per heavy atom. The predicted octanol–water partition coefficient (Wildman–Crippen LogP) is 2.27. The van der Waals surface area contributed by atoms with Crippen LogP contribution in [0, 0.1) is 0 Å². The molecule has 17 heavy (non-hydrogen) atoms. The summed E-state index contributed by atoms with van der Waals surface area (Å²) in [7, 11) is 1.79. The third-order valence-corrected chi connectivity index (χ3v) is 3.67. The molecule has 2 unspecified atom stereocenters. The lowest BCUT2D eigenvalue weighted by Gasteiger charge is -2.40. The molecule has 1 rings (SSSR count). The molecule has 0 aromatic heterocycles. The number of ether oxygens (including phenoxy) is 1. The van der Waals surface area contributed by atoms with Crippen LogP contribution in [0.5, 0.6) is 0 Å². The van der Waals surface area contributed by atoms with Crippen molar-refractivity contribution in [1.82, 2.24) is 10.2 Å². The van der Waals surface area contributed by atoms with Crippen molar-refractivity contribution in [3.63, 3.8) is 0 Å². The Bertz CT molecular complexity index is 187. The van der Waals surface area contributed by atoms with Crippen LogP contribution in [0.15, 0.2) is 0 Å². The van der Waals surface area contributed by atoms with E-state index < -0.39 is 0 Å². The lowest BCUT2D eigenvalue weighted by Crippen LogP contribution is -2.56. The van der Waals surface area contributed by atoms with Gasteiger partial charge in [0, 0.05) is 45.4 Å². The maximum absolute atomic E-state index is 5.16. The SMILES string of the molecule is CCCC1CN(CCCOC)C(CCC)CN1. The van der Waals surface area contributed by atoms with E-state index in [9.17, 15) is 0 Å². The van der Waals surface area contributed by atoms with E-state index >= 15 is 0 Å². The molecule has 0 radical (unpaired) electrons. The molecule has 0 aromatic rings. The summed E-state index contributed by atoms with van der Waals surface area (Å²) in [6.45, 7) is 9.04. The topological polar surface area (TPSA) is 24.5 Å². The predicted molar refractivity (Wildman–Crippen MR) is 73.5 cm³/mol. The van der Waals surface area contributed by atoms with E-state index in [1.54, 1.807) is 7.11 Å². The normalized spacial score (nSPS) is 26.3. The van der Waals surface area contributed by atoms with Crippen molar-refractivity contribution in [1.29, 1.82) is 0 Å². The van der Waals surface area contributed by atoms with Crippen LogP contribution >= 0.6 is 0 Å². The Balaban J connectivity index is 2.38. The van der Waals surface area contributed by atoms with E-state index in [1.165, 1.54) is 45.3 Å². The quantitative estimate of drug-likeness (QED) is 0.661. The maximum Gasteiger partial charge on any atom is 0.0474 e. The molecule has 0 amide bonds. The molecule has 2 atom stereocenters. The van der Waals surface area contributed by atoms with Gasteiger partial charge in [0.2, 0.25) is 0 Å². The van der Waals surface area contributed by atoms with Gasteiger partial charge in [0.05, 0.1) is 0 Å². The van der Waals surface area contributed by atoms with Crippen molar-refractivity contribution in [3.05, 3.63) is 0 Å². The standard InChI is InChI=1S/C14H30N2O/c1-4-7-13-12-16(9-6-10-17-3)14(8-5-2)11-15-13/h13-15H,4-12H2,1-3H3. The summed E-state index contributed by atoms with van der Waals surface area (Å²) in [5.41, 5.74) is 0. The van der Waals surface area contributed by atoms with E-state index in [-0.39, 0.29) is 0 Å². The zero-order chi connectivity index (χ0) is 12.5. The van der Waals surface area contributed by atoms with E-state index in [4.69, 9.17) is 4.74 Å². The van der Waals surface area contributed by atoms with Crippen molar-refractivity contribution in [2.75, 3.05) is 33.4 Å². The third kappa shape index (κ3) is 5.36. The maximum atomic E-state index is 5.16. The third-order valence-electron chi connectivity index (χ3n) is 3.67. The molecule has 1 fully saturated rings. The zero-order valence-corrected chi connectivity index (χ0v) is 11.9. The molecule has 0 spiro atoms. The molecule has 3 nitrogen and oxygen atoms in total. The second kappa shape index (κ2) is 8.90. The molecule has 1 saturated heterocycles. The highest BCUT2D eigenvalue weighted by molar-refractivity contribution is 4.85. The van der Waals surface area contributed by atoms with Gasteiger partial charge in [-0.1, -0.05) is 26.7 Å². The molecule has 0 aromatic carbocycles. The minimum Gasteiger partial charge on any atom is -0.385 e. The van der Waals surface area contributed by atoms with E-state index in [0.29, 0.717) is 6.04 Å². The first kappa shape index (κ1) is 14.9. The number of nitrogens with zero attached hydrogens (tertiary/aromatic N) is 1. The number of rotatable bonds is 8. The van der Waals surface area contributed by atoms with E-state index in [2.05, 4.69) is 24.1 Å². The fourth-order valence-corrected chi connectivity index (χ4v) is 2.77. The van der Waals surface area contributed by atoms with Crippen molar-refractivity contribution in [2.45, 2.75) is 58.0 Å². The molecule has 1 aliphatic rings. The first-order valence-electron chi connectivity index (χ1n) is 7.28. The monoisotopic (exact) mass is 242 g/mol. The second-order valence-corrected chi connectivity index (χ2v) is 5.18. The fraction of sp³-hybridized carbons (Fsp3) is 1.00. The van der Waals surface area contributed by atoms with Crippen LogP contribution in [0.3, 0.4) is 0 Å². The zero-order valence-electron chi connectivity index (χ0n) is 11.9. The molecule has 1 N–H and O–H groups in total. The van der Waals surface area contributed by atoms with Gasteiger partial charge in [-0.25, -0.2) is 0 Å². The average molecular weight is 242 g/mol. The molecular weight excluding hydrogens is 212 g/mol. The van der Waals surface area contributed by atoms with Crippen LogP contribution in [0.25, 0.3) is 0 Å². The van der Waals surface area contributed by atoms with Gasteiger partial charge in [-0.05, 0) is 19.3 Å². The highest BCUT2D eigenvalue weighted by Gasteiger charge is 2.26. The van der Waals surface area contributed by atoms with Crippen LogP contribution in [0.1, 0.15) is 46.0 Å². The van der Waals surface area contributed by atoms with Gasteiger partial charge >= 0.3 is 0 Å². The van der Waals surface area contributed by atoms with Crippen LogP contribution in [0.4, 0.5) is 0 Å². The number of hydrogen-bond acceptors (Lipinski definition) is 3. The van der Waals surface area contributed by atoms with Gasteiger partial charge in [-0.2, -0.15) is 0 Å². The van der Waals surface area contributed by atoms with Crippen molar-refractivity contribution >= 4 is 0 Å². The van der Waals surface area contributed by atoms with Gasteiger partial charge in [0.15, 0.2) is 0 Å². The van der Waals surface area contributed by atoms with Gasteiger partial charge in [-0.3, -0.25) is 4.90 Å². The van der Waals surface area contributed by atoms with E-state index in [1.807, 2.05) is 0 Å². The summed E-state index contributed by atoms with van der Waals surface area (Å²) in [6.07, 6.45) is 6.35. The van der Waals surface area contributed by atoms with Crippen molar-refractivity contribution < 1.29 is 4.74 Å². The van der Waals surface area contributed by atoms with Crippen molar-refractivity contribution in [2.24, 2.45) is 0 Å². The number of methoxy groups -OCH3 is 1. The average Bonchev–Trinajstić information content (AvgIpc) is 2.33. The lowest BCUT2D eigenvalue weighted by atomic mass is 10.0. The number of hydrogen-bond donors (Lipinski definition) is 1. The molecule has 0 aliphatic carbocycles. The molecule has 0 bridgehead atoms. The second-order valence-electron chi connectivity index (χ2n) is 5.18. The Labute approximate surface area is 107 Å². The van der Waals surface area contributed by atoms with Crippen LogP contribution in [0.2, 0.25) is 0 Å². The summed E-state index contributed by atoms with van der Waals surface area (Å²) < 4.78 is 5.16. The summed E-state index contributed by atoms with van der Waals surface area (Å²) in [5.74, 6) is 0. The van der Waals surface area contributed by atoms with Gasteiger partial charge in [-0.15, -0.1) is 0 Å². The highest BCUT2D eigenvalue weighted by atomic mass is 16.5. The minimum absolute atomic E-state index is 0.704. The Morgan fingerprint density at radius 1 is 1.24 bits per heavy atom. The molecule has 1 heterocycles. The van der Waals surface area contributed by atoms with Gasteiger partial charge in [0.1, 0.15) is 0 Å². The Morgan fingerprint density at radius 2 is 2.00 bits per heavy atom. The van der Waals surface area contributed by atoms with Crippen LogP contribution in [-0.4, -0.2) is 50.3 Å². The summed E-state index contributed by atoms with van der Waals surface area (Å²) in [6, 6.07) is 1.45. The molecule has 1 aliphatic heterocycles.